The van der Waals surface area contributed by atoms with Gasteiger partial charge in [-0.05, 0) is 42.7 Å². The Morgan fingerprint density at radius 2 is 2.26 bits per heavy atom. The van der Waals surface area contributed by atoms with E-state index in [1.165, 1.54) is 16.2 Å². The minimum atomic E-state index is 0.136. The molecule has 4 heterocycles. The maximum Gasteiger partial charge on any atom is 0.266 e. The van der Waals surface area contributed by atoms with Crippen molar-refractivity contribution in [3.05, 3.63) is 49.8 Å². The highest BCUT2D eigenvalue weighted by molar-refractivity contribution is 7.17. The lowest BCUT2D eigenvalue weighted by Gasteiger charge is -2.23. The zero-order valence-corrected chi connectivity index (χ0v) is 15.1. The van der Waals surface area contributed by atoms with Gasteiger partial charge >= 0.3 is 0 Å². The third-order valence-electron chi connectivity index (χ3n) is 4.14. The summed E-state index contributed by atoms with van der Waals surface area (Å²) in [6, 6.07) is 6.49. The molecule has 1 aliphatic rings. The molecule has 0 radical (unpaired) electrons. The monoisotopic (exact) mass is 360 g/mol. The summed E-state index contributed by atoms with van der Waals surface area (Å²) < 4.78 is 0. The van der Waals surface area contributed by atoms with Crippen LogP contribution in [0.15, 0.2) is 34.3 Å². The van der Waals surface area contributed by atoms with Crippen molar-refractivity contribution in [2.75, 3.05) is 6.54 Å². The van der Waals surface area contributed by atoms with E-state index < -0.39 is 0 Å². The average Bonchev–Trinajstić information content (AvgIpc) is 3.31. The van der Waals surface area contributed by atoms with Gasteiger partial charge in [-0.1, -0.05) is 6.07 Å². The Hall–Kier alpha value is -1.50. The van der Waals surface area contributed by atoms with Gasteiger partial charge in [0.15, 0.2) is 0 Å². The van der Waals surface area contributed by atoms with Crippen molar-refractivity contribution in [1.82, 2.24) is 9.88 Å². The number of aromatic nitrogens is 1. The quantitative estimate of drug-likeness (QED) is 0.641. The van der Waals surface area contributed by atoms with Crippen LogP contribution in [-0.4, -0.2) is 22.3 Å². The normalized spacial score (nSPS) is 17.8. The number of thiazole rings is 1. The fourth-order valence-corrected chi connectivity index (χ4v) is 5.63. The molecule has 3 aromatic heterocycles. The maximum atomic E-state index is 13.1. The van der Waals surface area contributed by atoms with Crippen molar-refractivity contribution in [2.45, 2.75) is 25.8 Å². The summed E-state index contributed by atoms with van der Waals surface area (Å²) in [5.41, 5.74) is 1.96. The Balaban J connectivity index is 1.64. The third-order valence-corrected chi connectivity index (χ3v) is 7.00. The number of carbonyl (C=O) groups excluding carboxylic acids is 1. The van der Waals surface area contributed by atoms with Gasteiger partial charge < -0.3 is 4.90 Å². The lowest BCUT2D eigenvalue weighted by Crippen LogP contribution is -2.30. The number of nitrogens with zero attached hydrogens (tertiary/aromatic N) is 2. The van der Waals surface area contributed by atoms with Crippen LogP contribution < -0.4 is 0 Å². The summed E-state index contributed by atoms with van der Waals surface area (Å²) >= 11 is 4.91. The number of carbonyl (C=O) groups is 1. The topological polar surface area (TPSA) is 33.2 Å². The van der Waals surface area contributed by atoms with E-state index in [1.807, 2.05) is 17.2 Å². The standard InChI is InChI=1S/C17H16N2OS3/c1-11-15(23-16(18-11)12-6-9-21-10-12)17(20)19-7-2-4-13(19)14-5-3-8-22-14/h3,5-6,8-10,13H,2,4,7H2,1H3. The minimum absolute atomic E-state index is 0.136. The average molecular weight is 361 g/mol. The largest absolute Gasteiger partial charge is 0.330 e. The summed E-state index contributed by atoms with van der Waals surface area (Å²) in [6.07, 6.45) is 2.13. The lowest BCUT2D eigenvalue weighted by molar-refractivity contribution is 0.0742. The van der Waals surface area contributed by atoms with Gasteiger partial charge in [-0.25, -0.2) is 4.98 Å². The highest BCUT2D eigenvalue weighted by Crippen LogP contribution is 2.37. The van der Waals surface area contributed by atoms with Crippen LogP contribution in [0.5, 0.6) is 0 Å². The van der Waals surface area contributed by atoms with Crippen molar-refractivity contribution in [1.29, 1.82) is 0 Å². The van der Waals surface area contributed by atoms with E-state index in [-0.39, 0.29) is 11.9 Å². The van der Waals surface area contributed by atoms with Crippen LogP contribution >= 0.6 is 34.0 Å². The van der Waals surface area contributed by atoms with Crippen molar-refractivity contribution in [3.8, 4) is 10.6 Å². The fraction of sp³-hybridized carbons (Fsp3) is 0.294. The first-order chi connectivity index (χ1) is 11.2. The highest BCUT2D eigenvalue weighted by Gasteiger charge is 2.33. The van der Waals surface area contributed by atoms with Crippen LogP contribution in [0.2, 0.25) is 0 Å². The Bertz CT molecular complexity index is 805. The Kier molecular flexibility index (Phi) is 4.05. The summed E-state index contributed by atoms with van der Waals surface area (Å²) in [7, 11) is 0. The van der Waals surface area contributed by atoms with E-state index in [0.717, 1.165) is 40.5 Å². The molecule has 3 aromatic rings. The maximum absolute atomic E-state index is 13.1. The summed E-state index contributed by atoms with van der Waals surface area (Å²) in [5.74, 6) is 0.136. The van der Waals surface area contributed by atoms with Gasteiger partial charge in [-0.15, -0.1) is 22.7 Å². The molecule has 1 unspecified atom stereocenters. The Labute approximate surface area is 147 Å². The zero-order valence-electron chi connectivity index (χ0n) is 12.7. The van der Waals surface area contributed by atoms with Gasteiger partial charge in [0.2, 0.25) is 0 Å². The molecule has 118 valence electrons. The van der Waals surface area contributed by atoms with Gasteiger partial charge in [-0.3, -0.25) is 4.79 Å². The van der Waals surface area contributed by atoms with E-state index in [4.69, 9.17) is 0 Å². The van der Waals surface area contributed by atoms with Crippen molar-refractivity contribution in [2.24, 2.45) is 0 Å². The lowest BCUT2D eigenvalue weighted by atomic mass is 10.2. The smallest absolute Gasteiger partial charge is 0.266 e. The SMILES string of the molecule is Cc1nc(-c2ccsc2)sc1C(=O)N1CCCC1c1cccs1. The number of rotatable bonds is 3. The molecule has 0 aromatic carbocycles. The second-order valence-electron chi connectivity index (χ2n) is 5.62. The zero-order chi connectivity index (χ0) is 15.8. The first-order valence-corrected chi connectivity index (χ1v) is 10.2. The van der Waals surface area contributed by atoms with E-state index in [9.17, 15) is 4.79 Å². The molecular weight excluding hydrogens is 344 g/mol. The van der Waals surface area contributed by atoms with Crippen LogP contribution in [-0.2, 0) is 0 Å². The fourth-order valence-electron chi connectivity index (χ4n) is 3.02. The van der Waals surface area contributed by atoms with Crippen LogP contribution in [0.25, 0.3) is 10.6 Å². The molecule has 1 fully saturated rings. The van der Waals surface area contributed by atoms with E-state index in [2.05, 4.69) is 33.9 Å². The van der Waals surface area contributed by atoms with E-state index in [1.54, 1.807) is 22.7 Å². The van der Waals surface area contributed by atoms with E-state index >= 15 is 0 Å². The van der Waals surface area contributed by atoms with Crippen LogP contribution in [0.4, 0.5) is 0 Å². The molecule has 4 rings (SSSR count). The number of likely N-dealkylation sites (tertiary alicyclic amines) is 1. The van der Waals surface area contributed by atoms with Crippen LogP contribution in [0, 0.1) is 6.92 Å². The number of thiophene rings is 2. The molecule has 1 aliphatic heterocycles. The van der Waals surface area contributed by atoms with Gasteiger partial charge in [-0.2, -0.15) is 11.3 Å². The highest BCUT2D eigenvalue weighted by atomic mass is 32.1. The third kappa shape index (κ3) is 2.75. The molecule has 0 spiro atoms. The Morgan fingerprint density at radius 1 is 1.35 bits per heavy atom. The molecule has 1 amide bonds. The first kappa shape index (κ1) is 15.1. The molecule has 23 heavy (non-hydrogen) atoms. The van der Waals surface area contributed by atoms with Crippen LogP contribution in [0.3, 0.4) is 0 Å². The number of aryl methyl sites for hydroxylation is 1. The molecule has 0 N–H and O–H groups in total. The van der Waals surface area contributed by atoms with Gasteiger partial charge in [0.1, 0.15) is 9.88 Å². The van der Waals surface area contributed by atoms with Gasteiger partial charge in [0.05, 0.1) is 11.7 Å². The molecule has 0 saturated carbocycles. The molecule has 0 aliphatic carbocycles. The molecule has 6 heteroatoms. The van der Waals surface area contributed by atoms with Crippen molar-refractivity contribution >= 4 is 39.9 Å². The molecule has 0 bridgehead atoms. The predicted octanol–water partition coefficient (Wildman–Crippen LogP) is 5.22. The van der Waals surface area contributed by atoms with Crippen molar-refractivity contribution in [3.63, 3.8) is 0 Å². The minimum Gasteiger partial charge on any atom is -0.330 e. The second kappa shape index (κ2) is 6.19. The van der Waals surface area contributed by atoms with E-state index in [0.29, 0.717) is 0 Å². The molecule has 3 nitrogen and oxygen atoms in total. The summed E-state index contributed by atoms with van der Waals surface area (Å²) in [5, 5.41) is 7.15. The number of hydrogen-bond donors (Lipinski definition) is 0. The summed E-state index contributed by atoms with van der Waals surface area (Å²) in [4.78, 5) is 21.8. The molecular formula is C17H16N2OS3. The first-order valence-electron chi connectivity index (χ1n) is 7.58. The predicted molar refractivity (Wildman–Crippen MR) is 97.5 cm³/mol. The van der Waals surface area contributed by atoms with Gasteiger partial charge in [0, 0.05) is 22.4 Å². The number of hydrogen-bond acceptors (Lipinski definition) is 5. The summed E-state index contributed by atoms with van der Waals surface area (Å²) in [6.45, 7) is 2.78. The van der Waals surface area contributed by atoms with Gasteiger partial charge in [0.25, 0.3) is 5.91 Å². The molecule has 1 atom stereocenters. The molecule has 1 saturated heterocycles. The second-order valence-corrected chi connectivity index (χ2v) is 8.38. The Morgan fingerprint density at radius 3 is 3.00 bits per heavy atom. The van der Waals surface area contributed by atoms with Crippen molar-refractivity contribution < 1.29 is 4.79 Å². The number of amides is 1. The van der Waals surface area contributed by atoms with Crippen LogP contribution in [0.1, 0.15) is 39.1 Å².